The minimum atomic E-state index is -1.43. The van der Waals surface area contributed by atoms with Crippen LogP contribution in [0.25, 0.3) is 0 Å². The zero-order chi connectivity index (χ0) is 62.3. The number of benzene rings is 5. The van der Waals surface area contributed by atoms with Crippen molar-refractivity contribution in [2.24, 2.45) is 0 Å². The Morgan fingerprint density at radius 3 is 1.91 bits per heavy atom. The maximum absolute atomic E-state index is 14.3. The molecule has 0 aromatic heterocycles. The molecule has 5 aromatic carbocycles. The molecule has 2 fully saturated rings. The average molecular weight is 1260 g/mol. The molecule has 0 radical (unpaired) electrons. The number of alkyl halides is 1. The fourth-order valence-corrected chi connectivity index (χ4v) is 9.57. The van der Waals surface area contributed by atoms with Crippen LogP contribution in [-0.4, -0.2) is 149 Å². The number of ether oxygens (including phenoxy) is 10. The molecule has 9 atom stereocenters. The first-order valence-corrected chi connectivity index (χ1v) is 30.0. The van der Waals surface area contributed by atoms with Gasteiger partial charge in [-0.1, -0.05) is 139 Å². The summed E-state index contributed by atoms with van der Waals surface area (Å²) in [6.07, 6.45) is -5.71. The van der Waals surface area contributed by atoms with E-state index >= 15 is 0 Å². The molecule has 0 spiro atoms. The van der Waals surface area contributed by atoms with Gasteiger partial charge in [0.2, 0.25) is 17.7 Å². The number of amides is 5. The van der Waals surface area contributed by atoms with E-state index in [0.717, 1.165) is 5.56 Å². The summed E-state index contributed by atoms with van der Waals surface area (Å²) in [6, 6.07) is 37.5. The number of esters is 2. The van der Waals surface area contributed by atoms with Crippen molar-refractivity contribution in [3.63, 3.8) is 0 Å². The SMILES string of the molecule is CC(NC(=O)C(CCCCNC(=O)OCc1ccccc1Cl)NC(=O)CCC(NC(=O)CO[C@@H]1[C@H](NC(=O)c2ccccc2)[C@H](OCCOCCOCCCl)O[C@@H]2COC(c3ccccc3)O[C@@H]12)C(=O)OCc1ccccc1)C(=O)OCc1ccccc1. The van der Waals surface area contributed by atoms with E-state index in [4.69, 9.17) is 70.6 Å². The Balaban J connectivity index is 1.04. The second-order valence-electron chi connectivity index (χ2n) is 20.4. The van der Waals surface area contributed by atoms with Gasteiger partial charge in [-0.3, -0.25) is 19.2 Å². The van der Waals surface area contributed by atoms with Gasteiger partial charge in [0.25, 0.3) is 5.91 Å². The third-order valence-corrected chi connectivity index (χ3v) is 14.4. The Kier molecular flexibility index (Phi) is 28.9. The van der Waals surface area contributed by atoms with E-state index in [2.05, 4.69) is 26.6 Å². The smallest absolute Gasteiger partial charge is 0.407 e. The van der Waals surface area contributed by atoms with Gasteiger partial charge in [0.15, 0.2) is 12.6 Å². The van der Waals surface area contributed by atoms with Crippen molar-refractivity contribution in [2.45, 2.75) is 114 Å². The van der Waals surface area contributed by atoms with Crippen molar-refractivity contribution in [3.05, 3.63) is 178 Å². The van der Waals surface area contributed by atoms with Gasteiger partial charge in [0.05, 0.1) is 39.6 Å². The first-order chi connectivity index (χ1) is 42.8. The van der Waals surface area contributed by atoms with Crippen molar-refractivity contribution in [1.82, 2.24) is 26.6 Å². The van der Waals surface area contributed by atoms with Gasteiger partial charge < -0.3 is 74.0 Å². The lowest BCUT2D eigenvalue weighted by Gasteiger charge is -2.49. The molecule has 2 aliphatic rings. The summed E-state index contributed by atoms with van der Waals surface area (Å²) in [6.45, 7) is 1.73. The number of hydrogen-bond acceptors (Lipinski definition) is 17. The molecule has 2 saturated heterocycles. The van der Waals surface area contributed by atoms with E-state index in [9.17, 15) is 33.6 Å². The molecule has 5 N–H and O–H groups in total. The first kappa shape index (κ1) is 68.0. The highest BCUT2D eigenvalue weighted by Gasteiger charge is 2.52. The maximum Gasteiger partial charge on any atom is 0.407 e. The summed E-state index contributed by atoms with van der Waals surface area (Å²) in [5.74, 6) is -3.94. The van der Waals surface area contributed by atoms with Crippen LogP contribution in [-0.2, 0) is 91.2 Å². The number of carbonyl (C=O) groups excluding carboxylic acids is 7. The monoisotopic (exact) mass is 1260 g/mol. The second kappa shape index (κ2) is 37.4. The van der Waals surface area contributed by atoms with Crippen LogP contribution in [0.3, 0.4) is 0 Å². The minimum Gasteiger partial charge on any atom is -0.459 e. The van der Waals surface area contributed by atoms with Crippen LogP contribution in [0.15, 0.2) is 146 Å². The predicted octanol–water partition coefficient (Wildman–Crippen LogP) is 6.79. The molecule has 24 heteroatoms. The molecule has 0 aliphatic carbocycles. The number of alkyl carbamates (subject to hydrolysis) is 1. The van der Waals surface area contributed by atoms with Crippen molar-refractivity contribution < 1.29 is 80.9 Å². The number of nitrogens with one attached hydrogen (secondary N) is 5. The molecular formula is C64H75Cl2N5O17. The minimum absolute atomic E-state index is 0.00370. The van der Waals surface area contributed by atoms with Crippen LogP contribution in [0.4, 0.5) is 4.79 Å². The van der Waals surface area contributed by atoms with E-state index in [1.807, 2.05) is 36.4 Å². The van der Waals surface area contributed by atoms with Crippen LogP contribution < -0.4 is 26.6 Å². The molecule has 0 bridgehead atoms. The van der Waals surface area contributed by atoms with Gasteiger partial charge in [-0.25, -0.2) is 14.4 Å². The van der Waals surface area contributed by atoms with Crippen LogP contribution in [0, 0.1) is 0 Å². The molecule has 0 saturated carbocycles. The number of unbranched alkanes of at least 4 members (excludes halogenated alkanes) is 1. The maximum atomic E-state index is 14.3. The van der Waals surface area contributed by atoms with Gasteiger partial charge in [-0.05, 0) is 61.9 Å². The molecule has 5 aromatic rings. The van der Waals surface area contributed by atoms with E-state index < -0.39 is 110 Å². The Morgan fingerprint density at radius 2 is 1.23 bits per heavy atom. The largest absolute Gasteiger partial charge is 0.459 e. The lowest BCUT2D eigenvalue weighted by Crippen LogP contribution is -2.67. The lowest BCUT2D eigenvalue weighted by atomic mass is 9.95. The van der Waals surface area contributed by atoms with Crippen molar-refractivity contribution in [2.75, 3.05) is 58.7 Å². The lowest BCUT2D eigenvalue weighted by molar-refractivity contribution is -0.348. The molecule has 2 heterocycles. The van der Waals surface area contributed by atoms with Crippen molar-refractivity contribution in [3.8, 4) is 0 Å². The van der Waals surface area contributed by atoms with Crippen molar-refractivity contribution >= 4 is 64.9 Å². The number of carbonyl (C=O) groups is 7. The highest BCUT2D eigenvalue weighted by atomic mass is 35.5. The van der Waals surface area contributed by atoms with E-state index in [1.165, 1.54) is 6.92 Å². The molecule has 472 valence electrons. The third-order valence-electron chi connectivity index (χ3n) is 13.9. The van der Waals surface area contributed by atoms with Gasteiger partial charge in [0, 0.05) is 40.6 Å². The third kappa shape index (κ3) is 22.9. The Labute approximate surface area is 521 Å². The fourth-order valence-electron chi connectivity index (χ4n) is 9.27. The normalized spacial score (nSPS) is 18.9. The summed E-state index contributed by atoms with van der Waals surface area (Å²) in [5, 5.41) is 14.2. The Morgan fingerprint density at radius 1 is 0.614 bits per heavy atom. The van der Waals surface area contributed by atoms with Gasteiger partial charge in [-0.15, -0.1) is 11.6 Å². The Hall–Kier alpha value is -7.51. The predicted molar refractivity (Wildman–Crippen MR) is 321 cm³/mol. The number of hydrogen-bond donors (Lipinski definition) is 5. The van der Waals surface area contributed by atoms with Crippen LogP contribution in [0.1, 0.15) is 77.9 Å². The van der Waals surface area contributed by atoms with Gasteiger partial charge in [-0.2, -0.15) is 0 Å². The van der Waals surface area contributed by atoms with E-state index in [0.29, 0.717) is 59.2 Å². The standard InChI is InChI=1S/C64H75Cl2N5O17/c1-43(60(76)83-38-44-18-6-2-7-19-44)68-59(75)50(28-16-17-32-67-64(78)86-40-48-26-14-15-27-49(48)66)69-53(72)30-29-51(61(77)84-39-45-20-8-3-9-21-45)70-54(73)42-82-57-55(71-58(74)46-22-10-4-11-23-46)63(81-37-36-80-35-34-79-33-31-65)87-52-41-85-62(88-56(52)57)47-24-12-5-13-25-47/h2-15,18-27,43,50-52,55-57,62-63H,16-17,28-42H2,1H3,(H,67,78)(H,68,75)(H,69,72)(H,70,73)(H,71,74)/t43?,50?,51?,52-,55+,56-,57-,62?,63-/m1/s1. The second-order valence-corrected chi connectivity index (χ2v) is 21.2. The Bertz CT molecular complexity index is 2960. The summed E-state index contributed by atoms with van der Waals surface area (Å²) >= 11 is 11.9. The van der Waals surface area contributed by atoms with Crippen LogP contribution in [0.5, 0.6) is 0 Å². The molecule has 7 rings (SSSR count). The summed E-state index contributed by atoms with van der Waals surface area (Å²) in [7, 11) is 0. The molecular weight excluding hydrogens is 1180 g/mol. The topological polar surface area (TPSA) is 272 Å². The molecule has 4 unspecified atom stereocenters. The summed E-state index contributed by atoms with van der Waals surface area (Å²) in [4.78, 5) is 95.8. The molecule has 88 heavy (non-hydrogen) atoms. The molecule has 5 amide bonds. The van der Waals surface area contributed by atoms with Crippen LogP contribution >= 0.6 is 23.2 Å². The highest BCUT2D eigenvalue weighted by molar-refractivity contribution is 6.31. The number of fused-ring (bicyclic) bond motifs is 1. The fraction of sp³-hybridized carbons (Fsp3) is 0.422. The van der Waals surface area contributed by atoms with Crippen LogP contribution in [0.2, 0.25) is 5.02 Å². The molecule has 22 nitrogen and oxygen atoms in total. The summed E-state index contributed by atoms with van der Waals surface area (Å²) in [5.41, 5.74) is 3.02. The summed E-state index contributed by atoms with van der Waals surface area (Å²) < 4.78 is 59.4. The average Bonchev–Trinajstić information content (AvgIpc) is 1.13. The van der Waals surface area contributed by atoms with E-state index in [-0.39, 0.29) is 65.6 Å². The van der Waals surface area contributed by atoms with Gasteiger partial charge >= 0.3 is 18.0 Å². The van der Waals surface area contributed by atoms with Gasteiger partial charge in [0.1, 0.15) is 68.9 Å². The quantitative estimate of drug-likeness (QED) is 0.0121. The van der Waals surface area contributed by atoms with E-state index in [1.54, 1.807) is 109 Å². The first-order valence-electron chi connectivity index (χ1n) is 29.1. The number of rotatable bonds is 35. The highest BCUT2D eigenvalue weighted by Crippen LogP contribution is 2.36. The zero-order valence-electron chi connectivity index (χ0n) is 48.8. The molecule has 2 aliphatic heterocycles. The van der Waals surface area contributed by atoms with Crippen molar-refractivity contribution in [1.29, 1.82) is 0 Å². The number of halogens is 2. The zero-order valence-corrected chi connectivity index (χ0v) is 50.3.